The first-order valence-electron chi connectivity index (χ1n) is 7.97. The van der Waals surface area contributed by atoms with Gasteiger partial charge in [0.2, 0.25) is 0 Å². The highest BCUT2D eigenvalue weighted by molar-refractivity contribution is 5.95. The lowest BCUT2D eigenvalue weighted by Crippen LogP contribution is -2.23. The molecule has 1 aromatic rings. The summed E-state index contributed by atoms with van der Waals surface area (Å²) in [6.45, 7) is 10.1. The molecule has 2 rings (SSSR count). The molecule has 1 fully saturated rings. The molecule has 1 aliphatic rings. The number of allylic oxidation sites excluding steroid dienone is 1. The van der Waals surface area contributed by atoms with Crippen LogP contribution in [-0.4, -0.2) is 18.1 Å². The molecule has 1 aliphatic carbocycles. The van der Waals surface area contributed by atoms with Gasteiger partial charge in [-0.05, 0) is 69.7 Å². The SMILES string of the molecule is C=C(C)N(CCCC(C)=O)c1ccc(C(C)=O)cc1C1CC1. The third kappa shape index (κ3) is 4.06. The smallest absolute Gasteiger partial charge is 0.159 e. The number of ketones is 2. The van der Waals surface area contributed by atoms with Crippen molar-refractivity contribution < 1.29 is 9.59 Å². The summed E-state index contributed by atoms with van der Waals surface area (Å²) in [4.78, 5) is 25.0. The molecular formula is C19H25NO2. The lowest BCUT2D eigenvalue weighted by molar-refractivity contribution is -0.117. The molecule has 3 nitrogen and oxygen atoms in total. The van der Waals surface area contributed by atoms with Crippen molar-refractivity contribution >= 4 is 17.3 Å². The molecule has 0 aliphatic heterocycles. The normalized spacial score (nSPS) is 13.8. The zero-order valence-electron chi connectivity index (χ0n) is 13.8. The zero-order valence-corrected chi connectivity index (χ0v) is 13.8. The summed E-state index contributed by atoms with van der Waals surface area (Å²) < 4.78 is 0. The molecule has 0 bridgehead atoms. The number of Topliss-reactive ketones (excluding diaryl/α,β-unsaturated/α-hetero) is 2. The minimum Gasteiger partial charge on any atom is -0.346 e. The molecule has 22 heavy (non-hydrogen) atoms. The van der Waals surface area contributed by atoms with E-state index in [1.54, 1.807) is 13.8 Å². The Balaban J connectivity index is 2.28. The van der Waals surface area contributed by atoms with Crippen LogP contribution in [0.4, 0.5) is 5.69 Å². The van der Waals surface area contributed by atoms with Crippen LogP contribution >= 0.6 is 0 Å². The highest BCUT2D eigenvalue weighted by Crippen LogP contribution is 2.45. The molecular weight excluding hydrogens is 274 g/mol. The summed E-state index contributed by atoms with van der Waals surface area (Å²) in [5.41, 5.74) is 4.14. The van der Waals surface area contributed by atoms with Gasteiger partial charge < -0.3 is 9.69 Å². The van der Waals surface area contributed by atoms with Crippen LogP contribution in [0.15, 0.2) is 30.5 Å². The summed E-state index contributed by atoms with van der Waals surface area (Å²) in [6, 6.07) is 5.97. The fourth-order valence-corrected chi connectivity index (χ4v) is 2.74. The average molecular weight is 299 g/mol. The standard InChI is InChI=1S/C19H25NO2/c1-13(2)20(11-5-6-14(3)21)19-10-9-17(15(4)22)12-18(19)16-7-8-16/h9-10,12,16H,1,5-8,11H2,2-4H3. The Morgan fingerprint density at radius 3 is 2.41 bits per heavy atom. The highest BCUT2D eigenvalue weighted by Gasteiger charge is 2.28. The maximum Gasteiger partial charge on any atom is 0.159 e. The molecule has 0 spiro atoms. The molecule has 0 atom stereocenters. The maximum absolute atomic E-state index is 11.6. The lowest BCUT2D eigenvalue weighted by atomic mass is 10.0. The van der Waals surface area contributed by atoms with Crippen LogP contribution in [0, 0.1) is 0 Å². The molecule has 118 valence electrons. The van der Waals surface area contributed by atoms with E-state index in [1.165, 1.54) is 18.4 Å². The van der Waals surface area contributed by atoms with Gasteiger partial charge in [-0.15, -0.1) is 0 Å². The predicted molar refractivity (Wildman–Crippen MR) is 90.5 cm³/mol. The second kappa shape index (κ2) is 6.91. The van der Waals surface area contributed by atoms with E-state index in [0.29, 0.717) is 12.3 Å². The number of benzene rings is 1. The van der Waals surface area contributed by atoms with Crippen LogP contribution in [0.1, 0.15) is 68.3 Å². The Kier molecular flexibility index (Phi) is 5.17. The van der Waals surface area contributed by atoms with Gasteiger partial charge in [-0.3, -0.25) is 4.79 Å². The molecule has 0 unspecified atom stereocenters. The highest BCUT2D eigenvalue weighted by atomic mass is 16.1. The Morgan fingerprint density at radius 1 is 1.23 bits per heavy atom. The number of rotatable bonds is 8. The van der Waals surface area contributed by atoms with Crippen molar-refractivity contribution in [3.8, 4) is 0 Å². The topological polar surface area (TPSA) is 37.4 Å². The van der Waals surface area contributed by atoms with Crippen molar-refractivity contribution in [2.24, 2.45) is 0 Å². The minimum atomic E-state index is 0.104. The van der Waals surface area contributed by atoms with Crippen LogP contribution in [0.5, 0.6) is 0 Å². The Hall–Kier alpha value is -1.90. The first-order chi connectivity index (χ1) is 10.4. The van der Waals surface area contributed by atoms with Crippen molar-refractivity contribution in [1.82, 2.24) is 0 Å². The number of anilines is 1. The fraction of sp³-hybridized carbons (Fsp3) is 0.474. The quantitative estimate of drug-likeness (QED) is 0.664. The molecule has 0 aromatic heterocycles. The van der Waals surface area contributed by atoms with E-state index in [1.807, 2.05) is 25.1 Å². The second-order valence-electron chi connectivity index (χ2n) is 6.30. The number of hydrogen-bond acceptors (Lipinski definition) is 3. The van der Waals surface area contributed by atoms with Crippen molar-refractivity contribution in [1.29, 1.82) is 0 Å². The van der Waals surface area contributed by atoms with Gasteiger partial charge in [0.25, 0.3) is 0 Å². The molecule has 1 aromatic carbocycles. The van der Waals surface area contributed by atoms with E-state index in [0.717, 1.165) is 29.9 Å². The largest absolute Gasteiger partial charge is 0.346 e. The maximum atomic E-state index is 11.6. The molecule has 0 amide bonds. The van der Waals surface area contributed by atoms with Crippen molar-refractivity contribution in [3.05, 3.63) is 41.6 Å². The Morgan fingerprint density at radius 2 is 1.91 bits per heavy atom. The van der Waals surface area contributed by atoms with E-state index >= 15 is 0 Å². The van der Waals surface area contributed by atoms with Crippen LogP contribution in [0.3, 0.4) is 0 Å². The van der Waals surface area contributed by atoms with E-state index in [-0.39, 0.29) is 11.6 Å². The molecule has 3 heteroatoms. The van der Waals surface area contributed by atoms with Crippen molar-refractivity contribution in [2.75, 3.05) is 11.4 Å². The fourth-order valence-electron chi connectivity index (χ4n) is 2.74. The molecule has 0 radical (unpaired) electrons. The van der Waals surface area contributed by atoms with Crippen LogP contribution in [0.25, 0.3) is 0 Å². The number of carbonyl (C=O) groups excluding carboxylic acids is 2. The summed E-state index contributed by atoms with van der Waals surface area (Å²) in [7, 11) is 0. The first-order valence-corrected chi connectivity index (χ1v) is 7.97. The Bertz CT molecular complexity index is 599. The van der Waals surface area contributed by atoms with Crippen LogP contribution in [0.2, 0.25) is 0 Å². The number of carbonyl (C=O) groups is 2. The predicted octanol–water partition coefficient (Wildman–Crippen LogP) is 4.48. The van der Waals surface area contributed by atoms with E-state index in [4.69, 9.17) is 0 Å². The van der Waals surface area contributed by atoms with Gasteiger partial charge in [0.1, 0.15) is 5.78 Å². The summed E-state index contributed by atoms with van der Waals surface area (Å²) in [5.74, 6) is 0.881. The monoisotopic (exact) mass is 299 g/mol. The zero-order chi connectivity index (χ0) is 16.3. The van der Waals surface area contributed by atoms with Gasteiger partial charge in [-0.1, -0.05) is 6.58 Å². The minimum absolute atomic E-state index is 0.104. The number of nitrogens with zero attached hydrogens (tertiary/aromatic N) is 1. The van der Waals surface area contributed by atoms with E-state index in [2.05, 4.69) is 11.5 Å². The van der Waals surface area contributed by atoms with Gasteiger partial charge >= 0.3 is 0 Å². The molecule has 1 saturated carbocycles. The lowest BCUT2D eigenvalue weighted by Gasteiger charge is -2.27. The third-order valence-electron chi connectivity index (χ3n) is 4.11. The van der Waals surface area contributed by atoms with Gasteiger partial charge in [-0.25, -0.2) is 0 Å². The summed E-state index contributed by atoms with van der Waals surface area (Å²) in [5, 5.41) is 0. The van der Waals surface area contributed by atoms with Gasteiger partial charge in [0, 0.05) is 29.9 Å². The summed E-state index contributed by atoms with van der Waals surface area (Å²) >= 11 is 0. The molecule has 0 saturated heterocycles. The van der Waals surface area contributed by atoms with Crippen molar-refractivity contribution in [3.63, 3.8) is 0 Å². The third-order valence-corrected chi connectivity index (χ3v) is 4.11. The average Bonchev–Trinajstić information content (AvgIpc) is 3.27. The van der Waals surface area contributed by atoms with Crippen molar-refractivity contribution in [2.45, 2.75) is 52.4 Å². The van der Waals surface area contributed by atoms with Gasteiger partial charge in [0.05, 0.1) is 0 Å². The first kappa shape index (κ1) is 16.5. The van der Waals surface area contributed by atoms with Gasteiger partial charge in [-0.2, -0.15) is 0 Å². The molecule has 0 N–H and O–H groups in total. The summed E-state index contributed by atoms with van der Waals surface area (Å²) in [6.07, 6.45) is 3.78. The van der Waals surface area contributed by atoms with Crippen LogP contribution in [-0.2, 0) is 4.79 Å². The van der Waals surface area contributed by atoms with E-state index < -0.39 is 0 Å². The van der Waals surface area contributed by atoms with Gasteiger partial charge in [0.15, 0.2) is 5.78 Å². The van der Waals surface area contributed by atoms with Crippen LogP contribution < -0.4 is 4.90 Å². The Labute approximate surface area is 133 Å². The molecule has 0 heterocycles. The number of hydrogen-bond donors (Lipinski definition) is 0. The second-order valence-corrected chi connectivity index (χ2v) is 6.30. The van der Waals surface area contributed by atoms with E-state index in [9.17, 15) is 9.59 Å².